The summed E-state index contributed by atoms with van der Waals surface area (Å²) in [5, 5.41) is 4.35. The van der Waals surface area contributed by atoms with Crippen LogP contribution in [-0.2, 0) is 0 Å². The van der Waals surface area contributed by atoms with E-state index in [9.17, 15) is 0 Å². The molecule has 24 heavy (non-hydrogen) atoms. The van der Waals surface area contributed by atoms with Gasteiger partial charge in [0.1, 0.15) is 5.69 Å². The maximum absolute atomic E-state index is 6.33. The molecule has 0 saturated heterocycles. The summed E-state index contributed by atoms with van der Waals surface area (Å²) in [6.07, 6.45) is 5.11. The highest BCUT2D eigenvalue weighted by Crippen LogP contribution is 2.37. The number of rotatable bonds is 5. The monoisotopic (exact) mass is 343 g/mol. The number of hydrogen-bond donors (Lipinski definition) is 0. The van der Waals surface area contributed by atoms with Crippen LogP contribution >= 0.6 is 11.6 Å². The fraction of sp³-hybridized carbons (Fsp3) is 0.118. The van der Waals surface area contributed by atoms with Gasteiger partial charge in [-0.05, 0) is 35.9 Å². The van der Waals surface area contributed by atoms with E-state index in [4.69, 9.17) is 25.6 Å². The van der Waals surface area contributed by atoms with Crippen molar-refractivity contribution in [3.63, 3.8) is 0 Å². The van der Waals surface area contributed by atoms with Gasteiger partial charge in [-0.25, -0.2) is 0 Å². The number of nitrogens with zero attached hydrogens (tertiary/aromatic N) is 3. The van der Waals surface area contributed by atoms with Gasteiger partial charge >= 0.3 is 0 Å². The highest BCUT2D eigenvalue weighted by atomic mass is 35.5. The van der Waals surface area contributed by atoms with Crippen LogP contribution in [0, 0.1) is 0 Å². The van der Waals surface area contributed by atoms with Crippen molar-refractivity contribution >= 4 is 23.8 Å². The Bertz CT molecular complexity index is 863. The summed E-state index contributed by atoms with van der Waals surface area (Å²) in [6.45, 7) is 0. The summed E-state index contributed by atoms with van der Waals surface area (Å²) in [6, 6.07) is 9.08. The minimum absolute atomic E-state index is 0.349. The fourth-order valence-corrected chi connectivity index (χ4v) is 2.39. The third kappa shape index (κ3) is 3.23. The number of benzene rings is 1. The van der Waals surface area contributed by atoms with Crippen molar-refractivity contribution in [2.75, 3.05) is 14.2 Å². The Labute approximate surface area is 143 Å². The maximum Gasteiger partial charge on any atom is 0.251 e. The first-order valence-electron chi connectivity index (χ1n) is 7.06. The molecule has 0 aliphatic heterocycles. The van der Waals surface area contributed by atoms with Gasteiger partial charge in [-0.1, -0.05) is 22.8 Å². The van der Waals surface area contributed by atoms with Gasteiger partial charge in [0, 0.05) is 12.3 Å². The van der Waals surface area contributed by atoms with Crippen LogP contribution in [0.4, 0.5) is 0 Å². The second-order valence-corrected chi connectivity index (χ2v) is 5.09. The van der Waals surface area contributed by atoms with Gasteiger partial charge in [-0.2, -0.15) is 4.98 Å². The van der Waals surface area contributed by atoms with Crippen molar-refractivity contribution in [3.8, 4) is 23.0 Å². The third-order valence-electron chi connectivity index (χ3n) is 3.26. The topological polar surface area (TPSA) is 70.3 Å². The molecule has 7 heteroatoms. The minimum atomic E-state index is 0.349. The summed E-state index contributed by atoms with van der Waals surface area (Å²) in [5.41, 5.74) is 1.39. The van der Waals surface area contributed by atoms with Gasteiger partial charge in [0.15, 0.2) is 11.5 Å². The Morgan fingerprint density at radius 2 is 1.96 bits per heavy atom. The molecule has 3 rings (SSSR count). The Hall–Kier alpha value is -2.86. The van der Waals surface area contributed by atoms with E-state index >= 15 is 0 Å². The van der Waals surface area contributed by atoms with Gasteiger partial charge < -0.3 is 14.0 Å². The Morgan fingerprint density at radius 1 is 1.08 bits per heavy atom. The summed E-state index contributed by atoms with van der Waals surface area (Å²) in [5.74, 6) is 1.81. The summed E-state index contributed by atoms with van der Waals surface area (Å²) in [4.78, 5) is 8.45. The molecule has 2 heterocycles. The van der Waals surface area contributed by atoms with Crippen molar-refractivity contribution in [2.24, 2.45) is 0 Å². The van der Waals surface area contributed by atoms with E-state index < -0.39 is 0 Å². The van der Waals surface area contributed by atoms with Gasteiger partial charge in [0.2, 0.25) is 5.82 Å². The molecule has 3 aromatic rings. The number of pyridine rings is 1. The Kier molecular flexibility index (Phi) is 4.77. The second kappa shape index (κ2) is 7.14. The first kappa shape index (κ1) is 16.0. The molecule has 6 nitrogen and oxygen atoms in total. The molecule has 122 valence electrons. The number of aromatic nitrogens is 3. The van der Waals surface area contributed by atoms with E-state index in [0.29, 0.717) is 33.9 Å². The zero-order valence-electron chi connectivity index (χ0n) is 13.1. The lowest BCUT2D eigenvalue weighted by molar-refractivity contribution is 0.355. The van der Waals surface area contributed by atoms with Crippen LogP contribution in [-0.4, -0.2) is 29.3 Å². The lowest BCUT2D eigenvalue weighted by Crippen LogP contribution is -1.92. The van der Waals surface area contributed by atoms with E-state index in [-0.39, 0.29) is 0 Å². The third-order valence-corrected chi connectivity index (χ3v) is 3.65. The standard InChI is InChI=1S/C17H14ClN3O3/c1-22-13-8-6-11(15(18)16(13)23-2)7-9-14-20-17(21-24-14)12-5-3-4-10-19-12/h3-10H,1-2H3. The van der Waals surface area contributed by atoms with Gasteiger partial charge in [0.25, 0.3) is 5.89 Å². The molecular weight excluding hydrogens is 330 g/mol. The van der Waals surface area contributed by atoms with Crippen molar-refractivity contribution in [2.45, 2.75) is 0 Å². The molecular formula is C17H14ClN3O3. The summed E-state index contributed by atoms with van der Waals surface area (Å²) < 4.78 is 15.7. The Balaban J connectivity index is 1.86. The van der Waals surface area contributed by atoms with E-state index in [2.05, 4.69) is 15.1 Å². The lowest BCUT2D eigenvalue weighted by Gasteiger charge is -2.10. The number of halogens is 1. The summed E-state index contributed by atoms with van der Waals surface area (Å²) in [7, 11) is 3.09. The molecule has 0 aliphatic rings. The zero-order valence-corrected chi connectivity index (χ0v) is 13.8. The van der Waals surface area contributed by atoms with Gasteiger partial charge in [0.05, 0.1) is 19.2 Å². The van der Waals surface area contributed by atoms with E-state index in [1.807, 2.05) is 24.3 Å². The highest BCUT2D eigenvalue weighted by Gasteiger charge is 2.12. The van der Waals surface area contributed by atoms with E-state index in [1.54, 1.807) is 31.5 Å². The zero-order chi connectivity index (χ0) is 16.9. The molecule has 1 aromatic carbocycles. The molecule has 2 aromatic heterocycles. The molecule has 0 amide bonds. The highest BCUT2D eigenvalue weighted by molar-refractivity contribution is 6.33. The fourth-order valence-electron chi connectivity index (χ4n) is 2.10. The quantitative estimate of drug-likeness (QED) is 0.698. The molecule has 0 radical (unpaired) electrons. The van der Waals surface area contributed by atoms with Gasteiger partial charge in [-0.15, -0.1) is 0 Å². The number of methoxy groups -OCH3 is 2. The van der Waals surface area contributed by atoms with Crippen LogP contribution in [0.15, 0.2) is 41.1 Å². The van der Waals surface area contributed by atoms with Crippen molar-refractivity contribution in [1.82, 2.24) is 15.1 Å². The maximum atomic E-state index is 6.33. The molecule has 0 bridgehead atoms. The van der Waals surface area contributed by atoms with E-state index in [0.717, 1.165) is 5.56 Å². The average Bonchev–Trinajstić information content (AvgIpc) is 3.10. The molecule has 0 saturated carbocycles. The van der Waals surface area contributed by atoms with Crippen LogP contribution in [0.25, 0.3) is 23.7 Å². The SMILES string of the molecule is COc1ccc(C=Cc2nc(-c3ccccn3)no2)c(Cl)c1OC. The van der Waals surface area contributed by atoms with Crippen molar-refractivity contribution in [3.05, 3.63) is 53.0 Å². The molecule has 0 fully saturated rings. The average molecular weight is 344 g/mol. The number of hydrogen-bond acceptors (Lipinski definition) is 6. The smallest absolute Gasteiger partial charge is 0.251 e. The van der Waals surface area contributed by atoms with Crippen molar-refractivity contribution < 1.29 is 14.0 Å². The minimum Gasteiger partial charge on any atom is -0.493 e. The van der Waals surface area contributed by atoms with Gasteiger partial charge in [-0.3, -0.25) is 4.98 Å². The molecule has 0 N–H and O–H groups in total. The largest absolute Gasteiger partial charge is 0.493 e. The first-order chi connectivity index (χ1) is 11.7. The van der Waals surface area contributed by atoms with Crippen LogP contribution in [0.5, 0.6) is 11.5 Å². The molecule has 0 atom stereocenters. The molecule has 0 unspecified atom stereocenters. The van der Waals surface area contributed by atoms with Crippen molar-refractivity contribution in [1.29, 1.82) is 0 Å². The van der Waals surface area contributed by atoms with Crippen LogP contribution < -0.4 is 9.47 Å². The number of ether oxygens (including phenoxy) is 2. The molecule has 0 aliphatic carbocycles. The van der Waals surface area contributed by atoms with Crippen LogP contribution in [0.1, 0.15) is 11.5 Å². The predicted molar refractivity (Wildman–Crippen MR) is 91.0 cm³/mol. The molecule has 0 spiro atoms. The first-order valence-corrected chi connectivity index (χ1v) is 7.44. The normalized spacial score (nSPS) is 11.0. The summed E-state index contributed by atoms with van der Waals surface area (Å²) >= 11 is 6.33. The van der Waals surface area contributed by atoms with Crippen LogP contribution in [0.2, 0.25) is 5.02 Å². The van der Waals surface area contributed by atoms with Crippen LogP contribution in [0.3, 0.4) is 0 Å². The van der Waals surface area contributed by atoms with E-state index in [1.165, 1.54) is 7.11 Å². The predicted octanol–water partition coefficient (Wildman–Crippen LogP) is 3.97. The lowest BCUT2D eigenvalue weighted by atomic mass is 10.2. The second-order valence-electron chi connectivity index (χ2n) is 4.71. The Morgan fingerprint density at radius 3 is 2.67 bits per heavy atom.